The summed E-state index contributed by atoms with van der Waals surface area (Å²) in [5.74, 6) is 0.302. The number of rotatable bonds is 9. The summed E-state index contributed by atoms with van der Waals surface area (Å²) in [6, 6.07) is 10.7. The van der Waals surface area contributed by atoms with E-state index in [4.69, 9.17) is 8.82 Å². The van der Waals surface area contributed by atoms with Crippen LogP contribution in [0.4, 0.5) is 0 Å². The van der Waals surface area contributed by atoms with Crippen LogP contribution in [-0.2, 0) is 25.6 Å². The number of piperidine rings is 2. The van der Waals surface area contributed by atoms with Crippen molar-refractivity contribution < 1.29 is 17.4 Å². The van der Waals surface area contributed by atoms with E-state index in [1.807, 2.05) is 6.07 Å². The molecule has 4 rings (SSSR count). The third-order valence-corrected chi connectivity index (χ3v) is 7.57. The van der Waals surface area contributed by atoms with E-state index in [0.29, 0.717) is 11.5 Å². The van der Waals surface area contributed by atoms with Crippen LogP contribution in [0.1, 0.15) is 39.2 Å². The van der Waals surface area contributed by atoms with E-state index in [9.17, 15) is 13.2 Å². The molecule has 3 fully saturated rings. The molecule has 3 atom stereocenters. The molecule has 0 radical (unpaired) electrons. The summed E-state index contributed by atoms with van der Waals surface area (Å²) in [5.41, 5.74) is 3.95. The fourth-order valence-corrected chi connectivity index (χ4v) is 5.82. The fraction of sp³-hybridized carbons (Fsp3) is 0.542. The summed E-state index contributed by atoms with van der Waals surface area (Å²) in [7, 11) is -3.85. The SMILES string of the molecule is C/C=C1\CC2CC(/C(=C\C(=O)COS(C)(=O)=O)N=[SiH]C(C)C)C1N(Cc1ccccc1)C2. The number of hydrogen-bond donors (Lipinski definition) is 0. The molecule has 6 nitrogen and oxygen atoms in total. The number of fused-ring (bicyclic) bond motifs is 3. The van der Waals surface area contributed by atoms with Gasteiger partial charge in [-0.2, -0.15) is 8.42 Å². The lowest BCUT2D eigenvalue weighted by atomic mass is 9.68. The Morgan fingerprint density at radius 2 is 2.03 bits per heavy atom. The molecular formula is C24H34N2O4SSi. The highest BCUT2D eigenvalue weighted by Crippen LogP contribution is 2.46. The lowest BCUT2D eigenvalue weighted by Gasteiger charge is -2.51. The van der Waals surface area contributed by atoms with E-state index in [-0.39, 0.29) is 27.1 Å². The third kappa shape index (κ3) is 6.88. The van der Waals surface area contributed by atoms with Gasteiger partial charge in [0.15, 0.2) is 5.78 Å². The zero-order chi connectivity index (χ0) is 23.3. The molecule has 0 amide bonds. The van der Waals surface area contributed by atoms with Crippen molar-refractivity contribution in [1.82, 2.24) is 4.90 Å². The molecule has 32 heavy (non-hydrogen) atoms. The van der Waals surface area contributed by atoms with Crippen molar-refractivity contribution in [3.63, 3.8) is 0 Å². The smallest absolute Gasteiger partial charge is 0.264 e. The number of ketones is 1. The van der Waals surface area contributed by atoms with Gasteiger partial charge >= 0.3 is 0 Å². The van der Waals surface area contributed by atoms with Gasteiger partial charge in [0.25, 0.3) is 10.1 Å². The van der Waals surface area contributed by atoms with Crippen LogP contribution >= 0.6 is 0 Å². The number of carbonyl (C=O) groups is 1. The molecule has 174 valence electrons. The Hall–Kier alpha value is -1.74. The van der Waals surface area contributed by atoms with Crippen molar-refractivity contribution in [2.45, 2.75) is 51.7 Å². The molecule has 3 unspecified atom stereocenters. The Morgan fingerprint density at radius 1 is 1.31 bits per heavy atom. The molecule has 2 aliphatic heterocycles. The van der Waals surface area contributed by atoms with Gasteiger partial charge in [-0.05, 0) is 36.8 Å². The van der Waals surface area contributed by atoms with E-state index in [0.717, 1.165) is 37.9 Å². The summed E-state index contributed by atoms with van der Waals surface area (Å²) in [4.78, 5) is 15.1. The maximum absolute atomic E-state index is 12.6. The van der Waals surface area contributed by atoms with Crippen LogP contribution in [0.5, 0.6) is 0 Å². The molecule has 1 aromatic rings. The first kappa shape index (κ1) is 24.9. The Kier molecular flexibility index (Phi) is 8.49. The van der Waals surface area contributed by atoms with E-state index in [1.54, 1.807) is 6.08 Å². The topological polar surface area (TPSA) is 76.0 Å². The highest BCUT2D eigenvalue weighted by molar-refractivity contribution is 7.86. The molecule has 1 saturated carbocycles. The first-order valence-electron chi connectivity index (χ1n) is 11.2. The zero-order valence-electron chi connectivity index (χ0n) is 19.4. The average molecular weight is 475 g/mol. The van der Waals surface area contributed by atoms with Crippen LogP contribution in [0.3, 0.4) is 0 Å². The Morgan fingerprint density at radius 3 is 2.66 bits per heavy atom. The lowest BCUT2D eigenvalue weighted by molar-refractivity contribution is -0.116. The minimum atomic E-state index is -3.66. The maximum atomic E-state index is 12.6. The molecule has 1 aromatic carbocycles. The largest absolute Gasteiger partial charge is 0.310 e. The predicted octanol–water partition coefficient (Wildman–Crippen LogP) is 3.72. The van der Waals surface area contributed by atoms with Crippen LogP contribution in [0, 0.1) is 11.8 Å². The van der Waals surface area contributed by atoms with Crippen LogP contribution in [0.2, 0.25) is 5.54 Å². The van der Waals surface area contributed by atoms with Gasteiger partial charge in [0.05, 0.1) is 6.26 Å². The summed E-state index contributed by atoms with van der Waals surface area (Å²) in [6.07, 6.45) is 6.82. The van der Waals surface area contributed by atoms with Gasteiger partial charge in [-0.15, -0.1) is 0 Å². The summed E-state index contributed by atoms with van der Waals surface area (Å²) < 4.78 is 32.3. The molecule has 2 bridgehead atoms. The van der Waals surface area contributed by atoms with Gasteiger partial charge in [-0.3, -0.25) is 13.9 Å². The van der Waals surface area contributed by atoms with Crippen molar-refractivity contribution in [2.24, 2.45) is 16.5 Å². The van der Waals surface area contributed by atoms with Gasteiger partial charge in [0.2, 0.25) is 0 Å². The quantitative estimate of drug-likeness (QED) is 0.236. The third-order valence-electron chi connectivity index (χ3n) is 5.98. The fourth-order valence-electron chi connectivity index (χ4n) is 4.76. The van der Waals surface area contributed by atoms with Crippen molar-refractivity contribution in [2.75, 3.05) is 19.4 Å². The van der Waals surface area contributed by atoms with Gasteiger partial charge < -0.3 is 4.63 Å². The number of nitrogens with zero attached hydrogens (tertiary/aromatic N) is 2. The Labute approximate surface area is 194 Å². The predicted molar refractivity (Wildman–Crippen MR) is 129 cm³/mol. The highest BCUT2D eigenvalue weighted by atomic mass is 32.2. The normalized spacial score (nSPS) is 25.8. The first-order chi connectivity index (χ1) is 15.2. The number of allylic oxidation sites excluding steroid dienone is 1. The second-order valence-corrected chi connectivity index (χ2v) is 12.7. The van der Waals surface area contributed by atoms with Crippen LogP contribution < -0.4 is 0 Å². The van der Waals surface area contributed by atoms with Crippen molar-refractivity contribution in [1.29, 1.82) is 0 Å². The molecule has 8 heteroatoms. The van der Waals surface area contributed by atoms with E-state index in [1.165, 1.54) is 11.1 Å². The van der Waals surface area contributed by atoms with Gasteiger partial charge in [0, 0.05) is 36.8 Å². The number of hydrogen-bond acceptors (Lipinski definition) is 6. The lowest BCUT2D eigenvalue weighted by Crippen LogP contribution is -2.54. The molecule has 2 heterocycles. The van der Waals surface area contributed by atoms with Crippen LogP contribution in [0.25, 0.3) is 0 Å². The standard InChI is InChI=1S/C24H34N2O4SSi/c1-5-20-11-19-12-22(24(20)26(15-19)14-18-9-7-6-8-10-18)23(25-32-17(2)3)13-21(27)16-30-31(4,28)29/h5-10,13,17,19,22,24,32H,11-12,14-16H2,1-4H3/b20-5+,23-13+,32-25?. The van der Waals surface area contributed by atoms with Gasteiger partial charge in [-0.25, -0.2) is 0 Å². The number of carbonyl (C=O) groups excluding carboxylic acids is 1. The minimum absolute atomic E-state index is 0.130. The van der Waals surface area contributed by atoms with Crippen molar-refractivity contribution >= 4 is 25.2 Å². The van der Waals surface area contributed by atoms with Gasteiger partial charge in [-0.1, -0.05) is 55.8 Å². The average Bonchev–Trinajstić information content (AvgIpc) is 2.75. The summed E-state index contributed by atoms with van der Waals surface area (Å²) in [5, 5.41) is 0. The molecule has 3 aliphatic rings. The maximum Gasteiger partial charge on any atom is 0.264 e. The molecule has 2 saturated heterocycles. The second kappa shape index (κ2) is 10.9. The Balaban J connectivity index is 1.91. The molecule has 0 N–H and O–H groups in total. The van der Waals surface area contributed by atoms with Crippen molar-refractivity contribution in [3.05, 3.63) is 59.3 Å². The monoisotopic (exact) mass is 474 g/mol. The first-order valence-corrected chi connectivity index (χ1v) is 14.2. The summed E-state index contributed by atoms with van der Waals surface area (Å²) in [6.45, 7) is 7.81. The van der Waals surface area contributed by atoms with Crippen LogP contribution in [-0.4, -0.2) is 53.9 Å². The molecular weight excluding hydrogens is 440 g/mol. The minimum Gasteiger partial charge on any atom is -0.310 e. The van der Waals surface area contributed by atoms with E-state index in [2.05, 4.69) is 56.0 Å². The van der Waals surface area contributed by atoms with Gasteiger partial charge in [0.1, 0.15) is 15.9 Å². The second-order valence-electron chi connectivity index (χ2n) is 9.16. The Bertz CT molecular complexity index is 1000. The molecule has 1 aliphatic carbocycles. The van der Waals surface area contributed by atoms with E-state index >= 15 is 0 Å². The summed E-state index contributed by atoms with van der Waals surface area (Å²) >= 11 is 0. The van der Waals surface area contributed by atoms with Crippen LogP contribution in [0.15, 0.2) is 58.4 Å². The number of benzene rings is 1. The van der Waals surface area contributed by atoms with Crippen molar-refractivity contribution in [3.8, 4) is 0 Å². The molecule has 0 aromatic heterocycles. The zero-order valence-corrected chi connectivity index (χ0v) is 21.4. The highest BCUT2D eigenvalue weighted by Gasteiger charge is 2.44. The molecule has 0 spiro atoms. The van der Waals surface area contributed by atoms with E-state index < -0.39 is 16.7 Å².